The molecule has 1 aliphatic carbocycles. The Bertz CT molecular complexity index is 425. The summed E-state index contributed by atoms with van der Waals surface area (Å²) in [6, 6.07) is -0.0634. The molecule has 1 aromatic rings. The number of ether oxygens (including phenoxy) is 1. The third kappa shape index (κ3) is 3.44. The first-order chi connectivity index (χ1) is 10.2. The van der Waals surface area contributed by atoms with Crippen LogP contribution in [0.2, 0.25) is 0 Å². The number of rotatable bonds is 7. The van der Waals surface area contributed by atoms with Crippen LogP contribution >= 0.6 is 0 Å². The van der Waals surface area contributed by atoms with Crippen LogP contribution in [0.1, 0.15) is 64.6 Å². The number of nitrogens with one attached hydrogen (secondary N) is 1. The van der Waals surface area contributed by atoms with Crippen LogP contribution in [-0.4, -0.2) is 27.2 Å². The standard InChI is InChI=1S/C15H29N5O/c1-4-10-20-13(11-17-19-20)14(18-16)15(21-5-2)8-6-12(3)7-9-15/h11-12,14,18H,4-10,16H2,1-3H3. The monoisotopic (exact) mass is 295 g/mol. The van der Waals surface area contributed by atoms with E-state index in [0.717, 1.165) is 37.4 Å². The molecule has 1 saturated carbocycles. The van der Waals surface area contributed by atoms with Crippen LogP contribution in [0.3, 0.4) is 0 Å². The van der Waals surface area contributed by atoms with Crippen molar-refractivity contribution < 1.29 is 4.74 Å². The number of aryl methyl sites for hydroxylation is 1. The minimum absolute atomic E-state index is 0.0634. The molecule has 0 radical (unpaired) electrons. The van der Waals surface area contributed by atoms with E-state index >= 15 is 0 Å². The second-order valence-electron chi connectivity index (χ2n) is 6.16. The summed E-state index contributed by atoms with van der Waals surface area (Å²) in [5, 5.41) is 8.26. The minimum Gasteiger partial charge on any atom is -0.373 e. The van der Waals surface area contributed by atoms with Gasteiger partial charge in [-0.1, -0.05) is 19.1 Å². The molecule has 6 heteroatoms. The van der Waals surface area contributed by atoms with Crippen LogP contribution in [0.15, 0.2) is 6.20 Å². The van der Waals surface area contributed by atoms with Crippen molar-refractivity contribution in [2.75, 3.05) is 6.61 Å². The van der Waals surface area contributed by atoms with Crippen molar-refractivity contribution in [1.29, 1.82) is 0 Å². The maximum Gasteiger partial charge on any atom is 0.0934 e. The van der Waals surface area contributed by atoms with E-state index in [9.17, 15) is 0 Å². The van der Waals surface area contributed by atoms with Gasteiger partial charge in [-0.25, -0.2) is 10.1 Å². The minimum atomic E-state index is -0.247. The van der Waals surface area contributed by atoms with E-state index < -0.39 is 0 Å². The van der Waals surface area contributed by atoms with E-state index in [1.807, 2.05) is 10.9 Å². The Balaban J connectivity index is 2.29. The summed E-state index contributed by atoms with van der Waals surface area (Å²) in [6.07, 6.45) is 7.23. The van der Waals surface area contributed by atoms with Crippen LogP contribution in [-0.2, 0) is 11.3 Å². The first-order valence-electron chi connectivity index (χ1n) is 8.15. The van der Waals surface area contributed by atoms with Crippen molar-refractivity contribution in [3.8, 4) is 0 Å². The van der Waals surface area contributed by atoms with Crippen molar-refractivity contribution >= 4 is 0 Å². The molecule has 0 saturated heterocycles. The number of aromatic nitrogens is 3. The summed E-state index contributed by atoms with van der Waals surface area (Å²) in [5.41, 5.74) is 3.77. The van der Waals surface area contributed by atoms with E-state index in [2.05, 4.69) is 36.5 Å². The Hall–Kier alpha value is -0.980. The Kier molecular flexibility index (Phi) is 5.72. The summed E-state index contributed by atoms with van der Waals surface area (Å²) in [4.78, 5) is 0. The second kappa shape index (κ2) is 7.33. The van der Waals surface area contributed by atoms with Crippen molar-refractivity contribution in [3.05, 3.63) is 11.9 Å². The zero-order valence-electron chi connectivity index (χ0n) is 13.5. The smallest absolute Gasteiger partial charge is 0.0934 e. The fourth-order valence-electron chi connectivity index (χ4n) is 3.44. The van der Waals surface area contributed by atoms with E-state index in [1.54, 1.807) is 0 Å². The fourth-order valence-corrected chi connectivity index (χ4v) is 3.44. The van der Waals surface area contributed by atoms with Gasteiger partial charge in [0.2, 0.25) is 0 Å². The molecule has 1 unspecified atom stereocenters. The van der Waals surface area contributed by atoms with Gasteiger partial charge in [-0.15, -0.1) is 5.10 Å². The van der Waals surface area contributed by atoms with Crippen molar-refractivity contribution in [2.24, 2.45) is 11.8 Å². The molecule has 0 bridgehead atoms. The molecule has 21 heavy (non-hydrogen) atoms. The zero-order valence-corrected chi connectivity index (χ0v) is 13.5. The van der Waals surface area contributed by atoms with Crippen LogP contribution < -0.4 is 11.3 Å². The lowest BCUT2D eigenvalue weighted by atomic mass is 9.74. The Morgan fingerprint density at radius 3 is 2.76 bits per heavy atom. The molecule has 0 aliphatic heterocycles. The quantitative estimate of drug-likeness (QED) is 0.595. The van der Waals surface area contributed by atoms with Gasteiger partial charge in [0.25, 0.3) is 0 Å². The van der Waals surface area contributed by atoms with E-state index in [0.29, 0.717) is 6.61 Å². The lowest BCUT2D eigenvalue weighted by Crippen LogP contribution is -2.51. The van der Waals surface area contributed by atoms with Crippen molar-refractivity contribution in [2.45, 2.75) is 71.1 Å². The lowest BCUT2D eigenvalue weighted by molar-refractivity contribution is -0.0993. The van der Waals surface area contributed by atoms with Gasteiger partial charge >= 0.3 is 0 Å². The molecule has 6 nitrogen and oxygen atoms in total. The molecular weight excluding hydrogens is 266 g/mol. The SMILES string of the molecule is CCCn1nncc1C(NN)C1(OCC)CCC(C)CC1. The Morgan fingerprint density at radius 1 is 1.48 bits per heavy atom. The molecule has 1 fully saturated rings. The van der Waals surface area contributed by atoms with Gasteiger partial charge in [-0.05, 0) is 44.9 Å². The molecule has 0 spiro atoms. The van der Waals surface area contributed by atoms with E-state index in [-0.39, 0.29) is 11.6 Å². The van der Waals surface area contributed by atoms with Crippen LogP contribution in [0.4, 0.5) is 0 Å². The predicted molar refractivity (Wildman–Crippen MR) is 82.4 cm³/mol. The lowest BCUT2D eigenvalue weighted by Gasteiger charge is -2.44. The average molecular weight is 295 g/mol. The van der Waals surface area contributed by atoms with Crippen LogP contribution in [0, 0.1) is 5.92 Å². The third-order valence-electron chi connectivity index (χ3n) is 4.62. The largest absolute Gasteiger partial charge is 0.373 e. The van der Waals surface area contributed by atoms with Crippen LogP contribution in [0.5, 0.6) is 0 Å². The molecule has 1 heterocycles. The first-order valence-corrected chi connectivity index (χ1v) is 8.15. The summed E-state index contributed by atoms with van der Waals surface area (Å²) in [6.45, 7) is 8.05. The fraction of sp³-hybridized carbons (Fsp3) is 0.867. The summed E-state index contributed by atoms with van der Waals surface area (Å²) in [5.74, 6) is 6.67. The van der Waals surface area contributed by atoms with E-state index in [4.69, 9.17) is 10.6 Å². The summed E-state index contributed by atoms with van der Waals surface area (Å²) >= 11 is 0. The van der Waals surface area contributed by atoms with Gasteiger partial charge < -0.3 is 4.74 Å². The van der Waals surface area contributed by atoms with E-state index in [1.165, 1.54) is 12.8 Å². The normalized spacial score (nSPS) is 27.7. The maximum absolute atomic E-state index is 6.22. The highest BCUT2D eigenvalue weighted by Gasteiger charge is 2.44. The highest BCUT2D eigenvalue weighted by atomic mass is 16.5. The van der Waals surface area contributed by atoms with Gasteiger partial charge in [0.15, 0.2) is 0 Å². The topological polar surface area (TPSA) is 78.0 Å². The Morgan fingerprint density at radius 2 is 2.19 bits per heavy atom. The molecule has 120 valence electrons. The van der Waals surface area contributed by atoms with Gasteiger partial charge in [-0.2, -0.15) is 0 Å². The highest BCUT2D eigenvalue weighted by Crippen LogP contribution is 2.42. The van der Waals surface area contributed by atoms with Gasteiger partial charge in [0.1, 0.15) is 0 Å². The van der Waals surface area contributed by atoms with Gasteiger partial charge in [0, 0.05) is 13.2 Å². The van der Waals surface area contributed by atoms with Crippen LogP contribution in [0.25, 0.3) is 0 Å². The first kappa shape index (κ1) is 16.4. The van der Waals surface area contributed by atoms with Gasteiger partial charge in [0.05, 0.1) is 23.5 Å². The number of nitrogens with two attached hydrogens (primary N) is 1. The summed E-state index contributed by atoms with van der Waals surface area (Å²) in [7, 11) is 0. The number of hydrazine groups is 1. The zero-order chi connectivity index (χ0) is 15.3. The third-order valence-corrected chi connectivity index (χ3v) is 4.62. The number of hydrogen-bond acceptors (Lipinski definition) is 5. The number of nitrogens with zero attached hydrogens (tertiary/aromatic N) is 3. The predicted octanol–water partition coefficient (Wildman–Crippen LogP) is 2.18. The average Bonchev–Trinajstić information content (AvgIpc) is 2.92. The molecule has 1 aliphatic rings. The maximum atomic E-state index is 6.22. The molecule has 1 atom stereocenters. The molecule has 0 amide bonds. The van der Waals surface area contributed by atoms with Gasteiger partial charge in [-0.3, -0.25) is 5.84 Å². The molecule has 1 aromatic heterocycles. The molecule has 0 aromatic carbocycles. The highest BCUT2D eigenvalue weighted by molar-refractivity contribution is 5.11. The van der Waals surface area contributed by atoms with Crippen molar-refractivity contribution in [1.82, 2.24) is 20.4 Å². The van der Waals surface area contributed by atoms with Crippen molar-refractivity contribution in [3.63, 3.8) is 0 Å². The second-order valence-corrected chi connectivity index (χ2v) is 6.16. The molecule has 2 rings (SSSR count). The number of hydrogen-bond donors (Lipinski definition) is 2. The Labute approximate surface area is 127 Å². The molecular formula is C15H29N5O. The molecule has 3 N–H and O–H groups in total. The summed E-state index contributed by atoms with van der Waals surface area (Å²) < 4.78 is 8.17.